The van der Waals surface area contributed by atoms with E-state index >= 15 is 0 Å². The number of halogens is 3. The number of pyridine rings is 1. The number of hydrogen-bond donors (Lipinski definition) is 3. The van der Waals surface area contributed by atoms with Crippen LogP contribution < -0.4 is 21.9 Å². The molecular weight excluding hydrogens is 425 g/mol. The molecule has 0 radical (unpaired) electrons. The summed E-state index contributed by atoms with van der Waals surface area (Å²) in [6, 6.07) is 0.463. The van der Waals surface area contributed by atoms with E-state index in [9.17, 15) is 27.6 Å². The van der Waals surface area contributed by atoms with Gasteiger partial charge in [-0.25, -0.2) is 13.2 Å². The molecule has 0 spiro atoms. The van der Waals surface area contributed by atoms with Crippen molar-refractivity contribution in [2.75, 3.05) is 5.43 Å². The molecule has 0 bridgehead atoms. The maximum Gasteiger partial charge on any atom is 0.257 e. The summed E-state index contributed by atoms with van der Waals surface area (Å²) in [7, 11) is 0. The zero-order chi connectivity index (χ0) is 24.2. The van der Waals surface area contributed by atoms with Gasteiger partial charge in [-0.05, 0) is 20.8 Å². The maximum atomic E-state index is 13.8. The quantitative estimate of drug-likeness (QED) is 0.423. The Bertz CT molecular complexity index is 1100. The van der Waals surface area contributed by atoms with Crippen LogP contribution in [-0.2, 0) is 6.54 Å². The summed E-state index contributed by atoms with van der Waals surface area (Å²) in [6.45, 7) is 5.63. The number of Topliss-reactive ketones (excluding diaryl/α,β-unsaturated/α-hetero) is 1. The third kappa shape index (κ3) is 5.85. The molecule has 1 amide bonds. The lowest BCUT2D eigenvalue weighted by Crippen LogP contribution is -2.36. The first-order valence-corrected chi connectivity index (χ1v) is 9.81. The first-order valence-electron chi connectivity index (χ1n) is 9.81. The number of nitrogens with two attached hydrogens (primary N) is 1. The molecule has 32 heavy (non-hydrogen) atoms. The van der Waals surface area contributed by atoms with E-state index in [1.54, 1.807) is 26.0 Å². The Morgan fingerprint density at radius 1 is 1.16 bits per heavy atom. The minimum atomic E-state index is -1.17. The fraction of sp³-hybridized carbons (Fsp3) is 0.318. The van der Waals surface area contributed by atoms with Crippen molar-refractivity contribution in [2.45, 2.75) is 46.3 Å². The van der Waals surface area contributed by atoms with Crippen LogP contribution in [0.25, 0.3) is 0 Å². The lowest BCUT2D eigenvalue weighted by Gasteiger charge is -2.20. The number of rotatable bonds is 8. The zero-order valence-corrected chi connectivity index (χ0v) is 18.1. The van der Waals surface area contributed by atoms with E-state index in [-0.39, 0.29) is 28.9 Å². The molecule has 1 aromatic heterocycles. The van der Waals surface area contributed by atoms with Crippen LogP contribution in [0.4, 0.5) is 13.2 Å². The number of carbonyl (C=O) groups is 2. The van der Waals surface area contributed by atoms with E-state index in [1.165, 1.54) is 18.5 Å². The number of nitrogens with zero attached hydrogens (tertiary/aromatic N) is 1. The molecule has 0 saturated heterocycles. The van der Waals surface area contributed by atoms with Gasteiger partial charge >= 0.3 is 0 Å². The third-order valence-electron chi connectivity index (χ3n) is 4.60. The van der Waals surface area contributed by atoms with Gasteiger partial charge in [-0.15, -0.1) is 0 Å². The molecule has 0 aliphatic rings. The number of benzene rings is 1. The fourth-order valence-electron chi connectivity index (χ4n) is 3.05. The van der Waals surface area contributed by atoms with Gasteiger partial charge in [0.15, 0.2) is 11.2 Å². The second kappa shape index (κ2) is 10.3. The van der Waals surface area contributed by atoms with Crippen molar-refractivity contribution in [1.29, 1.82) is 0 Å². The smallest absolute Gasteiger partial charge is 0.257 e. The fourth-order valence-corrected chi connectivity index (χ4v) is 3.05. The van der Waals surface area contributed by atoms with Gasteiger partial charge in [0, 0.05) is 49.0 Å². The van der Waals surface area contributed by atoms with Crippen LogP contribution in [0.1, 0.15) is 52.7 Å². The van der Waals surface area contributed by atoms with Gasteiger partial charge in [0.1, 0.15) is 28.7 Å². The molecule has 4 N–H and O–H groups in total. The van der Waals surface area contributed by atoms with Crippen molar-refractivity contribution in [1.82, 2.24) is 9.99 Å². The number of amides is 1. The van der Waals surface area contributed by atoms with Crippen LogP contribution in [-0.4, -0.2) is 28.5 Å². The van der Waals surface area contributed by atoms with Crippen molar-refractivity contribution in [2.24, 2.45) is 5.73 Å². The van der Waals surface area contributed by atoms with Gasteiger partial charge in [-0.3, -0.25) is 19.1 Å². The summed E-state index contributed by atoms with van der Waals surface area (Å²) < 4.78 is 42.0. The van der Waals surface area contributed by atoms with Crippen LogP contribution in [0.5, 0.6) is 0 Å². The monoisotopic (exact) mass is 450 g/mol. The average molecular weight is 450 g/mol. The van der Waals surface area contributed by atoms with E-state index in [0.717, 1.165) is 6.20 Å². The Labute approximate surface area is 183 Å². The van der Waals surface area contributed by atoms with Crippen LogP contribution in [0.2, 0.25) is 0 Å². The minimum absolute atomic E-state index is 0.0279. The van der Waals surface area contributed by atoms with Crippen LogP contribution in [0.15, 0.2) is 35.3 Å². The Morgan fingerprint density at radius 2 is 1.75 bits per heavy atom. The highest BCUT2D eigenvalue weighted by molar-refractivity contribution is 5.97. The molecule has 1 heterocycles. The molecule has 2 rings (SSSR count). The summed E-state index contributed by atoms with van der Waals surface area (Å²) >= 11 is 0. The summed E-state index contributed by atoms with van der Waals surface area (Å²) in [4.78, 5) is 37.5. The van der Waals surface area contributed by atoms with Gasteiger partial charge in [0.2, 0.25) is 0 Å². The van der Waals surface area contributed by atoms with Gasteiger partial charge < -0.3 is 16.5 Å². The highest BCUT2D eigenvalue weighted by Gasteiger charge is 2.21. The SMILES string of the molecule is CC(=O)c1c(C)c(=O)c(C(=O)NCc2c(F)cc(F)cc2F)cn1NC(C)/C=C\C(C)N. The molecule has 7 nitrogen and oxygen atoms in total. The van der Waals surface area contributed by atoms with E-state index < -0.39 is 46.7 Å². The average Bonchev–Trinajstić information content (AvgIpc) is 2.67. The summed E-state index contributed by atoms with van der Waals surface area (Å²) in [6.07, 6.45) is 4.64. The number of carbonyl (C=O) groups excluding carboxylic acids is 2. The van der Waals surface area contributed by atoms with Crippen molar-refractivity contribution in [3.05, 3.63) is 80.5 Å². The highest BCUT2D eigenvalue weighted by atomic mass is 19.1. The number of hydrogen-bond acceptors (Lipinski definition) is 5. The zero-order valence-electron chi connectivity index (χ0n) is 18.1. The van der Waals surface area contributed by atoms with E-state index in [1.807, 2.05) is 0 Å². The predicted molar refractivity (Wildman–Crippen MR) is 115 cm³/mol. The van der Waals surface area contributed by atoms with Gasteiger partial charge in [-0.1, -0.05) is 12.2 Å². The Hall–Kier alpha value is -3.40. The molecule has 10 heteroatoms. The first-order chi connectivity index (χ1) is 14.9. The predicted octanol–water partition coefficient (Wildman–Crippen LogP) is 2.54. The Morgan fingerprint density at radius 3 is 2.28 bits per heavy atom. The van der Waals surface area contributed by atoms with Crippen LogP contribution in [0.3, 0.4) is 0 Å². The van der Waals surface area contributed by atoms with Crippen molar-refractivity contribution < 1.29 is 22.8 Å². The van der Waals surface area contributed by atoms with E-state index in [0.29, 0.717) is 12.1 Å². The Balaban J connectivity index is 2.39. The van der Waals surface area contributed by atoms with E-state index in [4.69, 9.17) is 5.73 Å². The minimum Gasteiger partial charge on any atom is -0.348 e. The summed E-state index contributed by atoms with van der Waals surface area (Å²) in [5.41, 5.74) is 7.16. The highest BCUT2D eigenvalue weighted by Crippen LogP contribution is 2.15. The largest absolute Gasteiger partial charge is 0.348 e. The Kier molecular flexibility index (Phi) is 7.98. The van der Waals surface area contributed by atoms with Gasteiger partial charge in [0.25, 0.3) is 5.91 Å². The van der Waals surface area contributed by atoms with Crippen molar-refractivity contribution >= 4 is 11.7 Å². The van der Waals surface area contributed by atoms with Gasteiger partial charge in [-0.2, -0.15) is 0 Å². The molecule has 172 valence electrons. The lowest BCUT2D eigenvalue weighted by molar-refractivity contribution is 0.0944. The normalized spacial score (nSPS) is 13.1. The van der Waals surface area contributed by atoms with Crippen molar-refractivity contribution in [3.8, 4) is 0 Å². The van der Waals surface area contributed by atoms with Crippen LogP contribution in [0, 0.1) is 24.4 Å². The third-order valence-corrected chi connectivity index (χ3v) is 4.60. The number of aromatic nitrogens is 1. The van der Waals surface area contributed by atoms with Gasteiger partial charge in [0.05, 0.1) is 6.04 Å². The molecule has 1 aromatic carbocycles. The summed E-state index contributed by atoms with van der Waals surface area (Å²) in [5.74, 6) is -4.74. The molecule has 2 unspecified atom stereocenters. The molecule has 0 saturated carbocycles. The maximum absolute atomic E-state index is 13.8. The molecule has 0 aliphatic heterocycles. The first kappa shape index (κ1) is 24.9. The van der Waals surface area contributed by atoms with Crippen LogP contribution >= 0.6 is 0 Å². The topological polar surface area (TPSA) is 106 Å². The molecule has 2 atom stereocenters. The number of nitrogens with one attached hydrogen (secondary N) is 2. The molecule has 0 aliphatic carbocycles. The second-order valence-electron chi connectivity index (χ2n) is 7.46. The molecular formula is C22H25F3N4O3. The van der Waals surface area contributed by atoms with E-state index in [2.05, 4.69) is 10.7 Å². The summed E-state index contributed by atoms with van der Waals surface area (Å²) in [5, 5.41) is 2.26. The second-order valence-corrected chi connectivity index (χ2v) is 7.46. The number of ketones is 1. The lowest BCUT2D eigenvalue weighted by atomic mass is 10.1. The van der Waals surface area contributed by atoms with Crippen molar-refractivity contribution in [3.63, 3.8) is 0 Å². The molecule has 0 fully saturated rings. The standard InChI is InChI=1S/C22H25F3N4O3/c1-11(26)5-6-12(2)28-29-10-17(21(31)13(3)20(29)14(4)30)22(32)27-9-16-18(24)7-15(23)8-19(16)25/h5-8,10-12,28H,9,26H2,1-4H3,(H,27,32)/b6-5-. The molecule has 2 aromatic rings.